The average Bonchev–Trinajstić information content (AvgIpc) is 2.96. The number of amides is 1. The van der Waals surface area contributed by atoms with E-state index < -0.39 is 5.97 Å². The normalized spacial score (nSPS) is 10.2. The van der Waals surface area contributed by atoms with Crippen molar-refractivity contribution in [2.24, 2.45) is 0 Å². The van der Waals surface area contributed by atoms with E-state index in [2.05, 4.69) is 15.6 Å². The molecule has 0 fully saturated rings. The minimum Gasteiger partial charge on any atom is -0.477 e. The van der Waals surface area contributed by atoms with Gasteiger partial charge < -0.3 is 10.4 Å². The van der Waals surface area contributed by atoms with Gasteiger partial charge >= 0.3 is 5.97 Å². The fourth-order valence-electron chi connectivity index (χ4n) is 1.29. The maximum Gasteiger partial charge on any atom is 0.345 e. The Labute approximate surface area is 106 Å². The number of aromatic carboxylic acids is 1. The number of aromatic nitrogens is 3. The molecule has 7 nitrogen and oxygen atoms in total. The first-order valence-corrected chi connectivity index (χ1v) is 5.94. The molecule has 1 amide bonds. The van der Waals surface area contributed by atoms with Crippen LogP contribution >= 0.6 is 11.3 Å². The van der Waals surface area contributed by atoms with Crippen LogP contribution in [-0.2, 0) is 11.3 Å². The van der Waals surface area contributed by atoms with Gasteiger partial charge in [0.25, 0.3) is 0 Å². The van der Waals surface area contributed by atoms with Crippen LogP contribution in [0.25, 0.3) is 0 Å². The van der Waals surface area contributed by atoms with Gasteiger partial charge in [0.2, 0.25) is 5.91 Å². The van der Waals surface area contributed by atoms with E-state index in [-0.39, 0.29) is 17.2 Å². The second-order valence-corrected chi connectivity index (χ2v) is 4.52. The molecule has 0 radical (unpaired) electrons. The van der Waals surface area contributed by atoms with Gasteiger partial charge in [0.1, 0.15) is 4.88 Å². The van der Waals surface area contributed by atoms with E-state index >= 15 is 0 Å². The van der Waals surface area contributed by atoms with Crippen molar-refractivity contribution < 1.29 is 14.7 Å². The Morgan fingerprint density at radius 2 is 2.28 bits per heavy atom. The molecule has 0 saturated carbocycles. The van der Waals surface area contributed by atoms with Crippen molar-refractivity contribution in [2.45, 2.75) is 13.0 Å². The summed E-state index contributed by atoms with van der Waals surface area (Å²) < 4.78 is 1.55. The quantitative estimate of drug-likeness (QED) is 0.843. The molecule has 18 heavy (non-hydrogen) atoms. The van der Waals surface area contributed by atoms with E-state index in [0.29, 0.717) is 11.5 Å². The smallest absolute Gasteiger partial charge is 0.345 e. The number of anilines is 1. The summed E-state index contributed by atoms with van der Waals surface area (Å²) in [7, 11) is 0. The van der Waals surface area contributed by atoms with Crippen molar-refractivity contribution >= 4 is 28.2 Å². The first kappa shape index (κ1) is 12.2. The summed E-state index contributed by atoms with van der Waals surface area (Å²) in [6.45, 7) is 0.434. The number of carboxylic acids is 1. The summed E-state index contributed by atoms with van der Waals surface area (Å²) in [5.41, 5.74) is 0. The minimum atomic E-state index is -0.997. The molecule has 2 aromatic rings. The van der Waals surface area contributed by atoms with Gasteiger partial charge in [0.05, 0.1) is 17.7 Å². The summed E-state index contributed by atoms with van der Waals surface area (Å²) in [6.07, 6.45) is 3.46. The fourth-order valence-corrected chi connectivity index (χ4v) is 2.05. The molecule has 0 aliphatic rings. The zero-order valence-electron chi connectivity index (χ0n) is 9.24. The van der Waals surface area contributed by atoms with E-state index in [4.69, 9.17) is 5.11 Å². The third kappa shape index (κ3) is 3.14. The van der Waals surface area contributed by atoms with Crippen LogP contribution in [0.5, 0.6) is 0 Å². The third-order valence-corrected chi connectivity index (χ3v) is 3.11. The molecule has 2 aromatic heterocycles. The highest BCUT2D eigenvalue weighted by atomic mass is 32.1. The van der Waals surface area contributed by atoms with Crippen LogP contribution in [0.15, 0.2) is 24.5 Å². The maximum absolute atomic E-state index is 11.6. The number of hydrogen-bond donors (Lipinski definition) is 2. The minimum absolute atomic E-state index is 0.190. The number of hydrogen-bond acceptors (Lipinski definition) is 5. The molecule has 0 spiro atoms. The molecule has 2 heterocycles. The van der Waals surface area contributed by atoms with E-state index in [0.717, 1.165) is 11.3 Å². The standard InChI is InChI=1S/C10H10N4O3S/c15-8(3-5-14-6-4-11-13-14)12-9-2-1-7(18-9)10(16)17/h1-2,4,6H,3,5H2,(H,12,15)(H,16,17). The van der Waals surface area contributed by atoms with Crippen molar-refractivity contribution in [2.75, 3.05) is 5.32 Å². The lowest BCUT2D eigenvalue weighted by Crippen LogP contribution is -2.14. The van der Waals surface area contributed by atoms with Gasteiger partial charge in [-0.05, 0) is 12.1 Å². The van der Waals surface area contributed by atoms with Crippen LogP contribution in [0.2, 0.25) is 0 Å². The Hall–Kier alpha value is -2.22. The van der Waals surface area contributed by atoms with Crippen molar-refractivity contribution in [1.29, 1.82) is 0 Å². The number of aryl methyl sites for hydroxylation is 1. The monoisotopic (exact) mass is 266 g/mol. The molecule has 0 saturated heterocycles. The molecular formula is C10H10N4O3S. The molecular weight excluding hydrogens is 256 g/mol. The first-order valence-electron chi connectivity index (χ1n) is 5.12. The Morgan fingerprint density at radius 3 is 2.89 bits per heavy atom. The van der Waals surface area contributed by atoms with Crippen LogP contribution in [0, 0.1) is 0 Å². The van der Waals surface area contributed by atoms with E-state index in [1.165, 1.54) is 12.3 Å². The Kier molecular flexibility index (Phi) is 3.68. The molecule has 94 valence electrons. The van der Waals surface area contributed by atoms with Gasteiger partial charge in [-0.3, -0.25) is 9.48 Å². The molecule has 0 aliphatic carbocycles. The topological polar surface area (TPSA) is 97.1 Å². The van der Waals surface area contributed by atoms with E-state index in [1.54, 1.807) is 16.9 Å². The molecule has 0 aliphatic heterocycles. The lowest BCUT2D eigenvalue weighted by molar-refractivity contribution is -0.116. The lowest BCUT2D eigenvalue weighted by Gasteiger charge is -2.01. The molecule has 2 rings (SSSR count). The lowest BCUT2D eigenvalue weighted by atomic mass is 10.4. The van der Waals surface area contributed by atoms with Crippen LogP contribution < -0.4 is 5.32 Å². The first-order chi connectivity index (χ1) is 8.65. The van der Waals surface area contributed by atoms with Gasteiger partial charge in [-0.25, -0.2) is 4.79 Å². The molecule has 2 N–H and O–H groups in total. The summed E-state index contributed by atoms with van der Waals surface area (Å²) in [5, 5.41) is 19.3. The zero-order chi connectivity index (χ0) is 13.0. The van der Waals surface area contributed by atoms with Crippen molar-refractivity contribution in [1.82, 2.24) is 15.0 Å². The van der Waals surface area contributed by atoms with E-state index in [9.17, 15) is 9.59 Å². The maximum atomic E-state index is 11.6. The summed E-state index contributed by atoms with van der Waals surface area (Å²) in [6, 6.07) is 3.03. The van der Waals surface area contributed by atoms with Crippen LogP contribution in [0.1, 0.15) is 16.1 Å². The molecule has 8 heteroatoms. The third-order valence-electron chi connectivity index (χ3n) is 2.12. The molecule has 0 unspecified atom stereocenters. The van der Waals surface area contributed by atoms with Gasteiger partial charge in [0, 0.05) is 12.6 Å². The van der Waals surface area contributed by atoms with Gasteiger partial charge in [0.15, 0.2) is 0 Å². The number of nitrogens with one attached hydrogen (secondary N) is 1. The van der Waals surface area contributed by atoms with Crippen LogP contribution in [-0.4, -0.2) is 32.0 Å². The van der Waals surface area contributed by atoms with Gasteiger partial charge in [-0.1, -0.05) is 5.21 Å². The Morgan fingerprint density at radius 1 is 1.44 bits per heavy atom. The number of rotatable bonds is 5. The molecule has 0 atom stereocenters. The number of nitrogens with zero attached hydrogens (tertiary/aromatic N) is 3. The second kappa shape index (κ2) is 5.41. The van der Waals surface area contributed by atoms with Gasteiger partial charge in [-0.15, -0.1) is 16.4 Å². The highest BCUT2D eigenvalue weighted by Gasteiger charge is 2.09. The van der Waals surface area contributed by atoms with Crippen LogP contribution in [0.3, 0.4) is 0 Å². The Bertz CT molecular complexity index is 549. The zero-order valence-corrected chi connectivity index (χ0v) is 10.1. The Balaban J connectivity index is 1.85. The summed E-state index contributed by atoms with van der Waals surface area (Å²) >= 11 is 1.03. The highest BCUT2D eigenvalue weighted by Crippen LogP contribution is 2.21. The number of carbonyl (C=O) groups is 2. The van der Waals surface area contributed by atoms with E-state index in [1.807, 2.05) is 0 Å². The predicted molar refractivity (Wildman–Crippen MR) is 64.5 cm³/mol. The SMILES string of the molecule is O=C(CCn1ccnn1)Nc1ccc(C(=O)O)s1. The van der Waals surface area contributed by atoms with Crippen molar-refractivity contribution in [3.8, 4) is 0 Å². The average molecular weight is 266 g/mol. The highest BCUT2D eigenvalue weighted by molar-refractivity contribution is 7.18. The fraction of sp³-hybridized carbons (Fsp3) is 0.200. The predicted octanol–water partition coefficient (Wildman–Crippen LogP) is 1.07. The van der Waals surface area contributed by atoms with Gasteiger partial charge in [-0.2, -0.15) is 0 Å². The second-order valence-electron chi connectivity index (χ2n) is 3.43. The summed E-state index contributed by atoms with van der Waals surface area (Å²) in [4.78, 5) is 22.4. The van der Waals surface area contributed by atoms with Crippen LogP contribution in [0.4, 0.5) is 5.00 Å². The number of carbonyl (C=O) groups excluding carboxylic acids is 1. The van der Waals surface area contributed by atoms with Crippen molar-refractivity contribution in [3.63, 3.8) is 0 Å². The number of thiophene rings is 1. The summed E-state index contributed by atoms with van der Waals surface area (Å²) in [5.74, 6) is -1.19. The molecule has 0 bridgehead atoms. The number of carboxylic acid groups (broad SMARTS) is 1. The van der Waals surface area contributed by atoms with Crippen molar-refractivity contribution in [3.05, 3.63) is 29.4 Å². The largest absolute Gasteiger partial charge is 0.477 e. The molecule has 0 aromatic carbocycles.